The Kier molecular flexibility index (Phi) is 7.11. The number of aryl methyl sites for hydroxylation is 3. The number of methoxy groups -OCH3 is 1. The Hall–Kier alpha value is -3.15. The maximum Gasteiger partial charge on any atom is 0.325 e. The number of hydrogen-bond donors (Lipinski definition) is 2. The van der Waals surface area contributed by atoms with Crippen LogP contribution in [0, 0.1) is 13.8 Å². The first-order valence-electron chi connectivity index (χ1n) is 8.70. The van der Waals surface area contributed by atoms with Gasteiger partial charge in [-0.05, 0) is 49.6 Å². The van der Waals surface area contributed by atoms with Crippen molar-refractivity contribution < 1.29 is 19.1 Å². The van der Waals surface area contributed by atoms with E-state index in [1.165, 1.54) is 18.2 Å². The Balaban J connectivity index is 1.91. The van der Waals surface area contributed by atoms with Crippen LogP contribution in [0.15, 0.2) is 42.5 Å². The summed E-state index contributed by atoms with van der Waals surface area (Å²) in [5.41, 5.74) is 4.40. The van der Waals surface area contributed by atoms with Crippen molar-refractivity contribution in [3.8, 4) is 0 Å². The summed E-state index contributed by atoms with van der Waals surface area (Å²) in [5, 5.41) is 5.27. The van der Waals surface area contributed by atoms with Crippen molar-refractivity contribution in [3.05, 3.63) is 64.7 Å². The third-order valence-electron chi connectivity index (χ3n) is 4.15. The third kappa shape index (κ3) is 6.26. The van der Waals surface area contributed by atoms with Gasteiger partial charge in [-0.15, -0.1) is 0 Å². The number of benzene rings is 2. The Morgan fingerprint density at radius 2 is 1.81 bits per heavy atom. The topological polar surface area (TPSA) is 84.5 Å². The number of carbonyl (C=O) groups excluding carboxylic acids is 3. The van der Waals surface area contributed by atoms with Crippen molar-refractivity contribution in [1.29, 1.82) is 0 Å². The van der Waals surface area contributed by atoms with Gasteiger partial charge in [-0.1, -0.05) is 29.8 Å². The van der Waals surface area contributed by atoms with Gasteiger partial charge in [0.1, 0.15) is 6.54 Å². The summed E-state index contributed by atoms with van der Waals surface area (Å²) < 4.78 is 4.48. The number of nitrogens with one attached hydrogen (secondary N) is 2. The van der Waals surface area contributed by atoms with E-state index in [4.69, 9.17) is 0 Å². The summed E-state index contributed by atoms with van der Waals surface area (Å²) in [6.45, 7) is 3.87. The van der Waals surface area contributed by atoms with Gasteiger partial charge in [0.15, 0.2) is 0 Å². The minimum absolute atomic E-state index is 0.123. The molecule has 6 heteroatoms. The lowest BCUT2D eigenvalue weighted by molar-refractivity contribution is -0.139. The van der Waals surface area contributed by atoms with E-state index in [0.717, 1.165) is 5.56 Å². The van der Waals surface area contributed by atoms with Crippen LogP contribution in [0.25, 0.3) is 0 Å². The molecule has 0 saturated carbocycles. The molecule has 0 bridgehead atoms. The SMILES string of the molecule is COC(=O)CNC(=O)c1cccc(NC(=O)CCc2ccc(C)cc2C)c1. The molecular formula is C21H24N2O4. The standard InChI is InChI=1S/C21H24N2O4/c1-14-7-8-16(15(2)11-14)9-10-19(24)23-18-6-4-5-17(12-18)21(26)22-13-20(25)27-3/h4-8,11-12H,9-10,13H2,1-3H3,(H,22,26)(H,23,24). The normalized spacial score (nSPS) is 10.2. The van der Waals surface area contributed by atoms with Gasteiger partial charge in [-0.3, -0.25) is 14.4 Å². The van der Waals surface area contributed by atoms with E-state index in [9.17, 15) is 14.4 Å². The van der Waals surface area contributed by atoms with Gasteiger partial charge in [-0.25, -0.2) is 0 Å². The average Bonchev–Trinajstić information content (AvgIpc) is 2.65. The number of rotatable bonds is 7. The molecule has 0 saturated heterocycles. The summed E-state index contributed by atoms with van der Waals surface area (Å²) in [6, 6.07) is 12.8. The number of anilines is 1. The van der Waals surface area contributed by atoms with Crippen LogP contribution < -0.4 is 10.6 Å². The highest BCUT2D eigenvalue weighted by molar-refractivity contribution is 5.98. The van der Waals surface area contributed by atoms with Crippen LogP contribution in [0.5, 0.6) is 0 Å². The predicted octanol–water partition coefficient (Wildman–Crippen LogP) is 2.78. The Bertz CT molecular complexity index is 846. The number of ether oxygens (including phenoxy) is 1. The van der Waals surface area contributed by atoms with Gasteiger partial charge in [0.05, 0.1) is 7.11 Å². The summed E-state index contributed by atoms with van der Waals surface area (Å²) in [5.74, 6) is -1.06. The van der Waals surface area contributed by atoms with Crippen LogP contribution in [-0.4, -0.2) is 31.4 Å². The minimum atomic E-state index is -0.529. The van der Waals surface area contributed by atoms with E-state index in [2.05, 4.69) is 21.4 Å². The van der Waals surface area contributed by atoms with Crippen molar-refractivity contribution in [2.45, 2.75) is 26.7 Å². The fraction of sp³-hybridized carbons (Fsp3) is 0.286. The molecule has 0 unspecified atom stereocenters. The number of amides is 2. The molecule has 0 aliphatic carbocycles. The molecule has 0 fully saturated rings. The van der Waals surface area contributed by atoms with Gasteiger partial charge in [0.25, 0.3) is 5.91 Å². The fourth-order valence-electron chi connectivity index (χ4n) is 2.66. The van der Waals surface area contributed by atoms with Crippen LogP contribution in [-0.2, 0) is 20.7 Å². The molecule has 0 atom stereocenters. The summed E-state index contributed by atoms with van der Waals surface area (Å²) in [4.78, 5) is 35.4. The molecule has 2 N–H and O–H groups in total. The van der Waals surface area contributed by atoms with Crippen molar-refractivity contribution in [2.24, 2.45) is 0 Å². The van der Waals surface area contributed by atoms with E-state index in [0.29, 0.717) is 24.1 Å². The third-order valence-corrected chi connectivity index (χ3v) is 4.15. The van der Waals surface area contributed by atoms with Crippen LogP contribution in [0.1, 0.15) is 33.5 Å². The number of hydrogen-bond acceptors (Lipinski definition) is 4. The van der Waals surface area contributed by atoms with E-state index >= 15 is 0 Å². The molecule has 2 aromatic rings. The molecule has 6 nitrogen and oxygen atoms in total. The van der Waals surface area contributed by atoms with Crippen molar-refractivity contribution in [3.63, 3.8) is 0 Å². The molecular weight excluding hydrogens is 344 g/mol. The first-order valence-corrected chi connectivity index (χ1v) is 8.70. The molecule has 2 amide bonds. The lowest BCUT2D eigenvalue weighted by atomic mass is 10.0. The molecule has 0 spiro atoms. The zero-order valence-electron chi connectivity index (χ0n) is 15.8. The zero-order valence-corrected chi connectivity index (χ0v) is 15.8. The molecule has 0 radical (unpaired) electrons. The summed E-state index contributed by atoms with van der Waals surface area (Å²) in [7, 11) is 1.25. The van der Waals surface area contributed by atoms with Gasteiger partial charge < -0.3 is 15.4 Å². The molecule has 27 heavy (non-hydrogen) atoms. The van der Waals surface area contributed by atoms with Crippen molar-refractivity contribution >= 4 is 23.5 Å². The van der Waals surface area contributed by atoms with Crippen molar-refractivity contribution in [1.82, 2.24) is 5.32 Å². The highest BCUT2D eigenvalue weighted by Crippen LogP contribution is 2.14. The Morgan fingerprint density at radius 1 is 1.04 bits per heavy atom. The highest BCUT2D eigenvalue weighted by Gasteiger charge is 2.10. The molecule has 0 heterocycles. The Morgan fingerprint density at radius 3 is 2.52 bits per heavy atom. The summed E-state index contributed by atoms with van der Waals surface area (Å²) >= 11 is 0. The second-order valence-corrected chi connectivity index (χ2v) is 6.32. The van der Waals surface area contributed by atoms with Gasteiger partial charge >= 0.3 is 5.97 Å². The molecule has 0 aliphatic heterocycles. The van der Waals surface area contributed by atoms with Crippen molar-refractivity contribution in [2.75, 3.05) is 19.0 Å². The van der Waals surface area contributed by atoms with E-state index < -0.39 is 11.9 Å². The first kappa shape index (κ1) is 20.2. The monoisotopic (exact) mass is 368 g/mol. The maximum atomic E-state index is 12.2. The highest BCUT2D eigenvalue weighted by atomic mass is 16.5. The van der Waals surface area contributed by atoms with E-state index in [1.54, 1.807) is 24.3 Å². The predicted molar refractivity (Wildman–Crippen MR) is 104 cm³/mol. The number of carbonyl (C=O) groups is 3. The van der Waals surface area contributed by atoms with Crippen LogP contribution in [0.2, 0.25) is 0 Å². The summed E-state index contributed by atoms with van der Waals surface area (Å²) in [6.07, 6.45) is 1.000. The maximum absolute atomic E-state index is 12.2. The lowest BCUT2D eigenvalue weighted by Crippen LogP contribution is -2.30. The Labute approximate surface area is 158 Å². The molecule has 0 aliphatic rings. The van der Waals surface area contributed by atoms with Gasteiger partial charge in [0, 0.05) is 17.7 Å². The molecule has 0 aromatic heterocycles. The first-order chi connectivity index (χ1) is 12.9. The number of esters is 1. The minimum Gasteiger partial charge on any atom is -0.468 e. The van der Waals surface area contributed by atoms with Crippen LogP contribution >= 0.6 is 0 Å². The van der Waals surface area contributed by atoms with E-state index in [1.807, 2.05) is 26.0 Å². The lowest BCUT2D eigenvalue weighted by Gasteiger charge is -2.09. The molecule has 142 valence electrons. The van der Waals surface area contributed by atoms with Gasteiger partial charge in [0.2, 0.25) is 5.91 Å². The zero-order chi connectivity index (χ0) is 19.8. The molecule has 2 rings (SSSR count). The van der Waals surface area contributed by atoms with E-state index in [-0.39, 0.29) is 12.5 Å². The van der Waals surface area contributed by atoms with Gasteiger partial charge in [-0.2, -0.15) is 0 Å². The quantitative estimate of drug-likeness (QED) is 0.736. The second-order valence-electron chi connectivity index (χ2n) is 6.32. The smallest absolute Gasteiger partial charge is 0.325 e. The largest absolute Gasteiger partial charge is 0.468 e. The molecule has 2 aromatic carbocycles. The fourth-order valence-corrected chi connectivity index (χ4v) is 2.66. The van der Waals surface area contributed by atoms with Crippen LogP contribution in [0.3, 0.4) is 0 Å². The van der Waals surface area contributed by atoms with Crippen LogP contribution in [0.4, 0.5) is 5.69 Å². The second kappa shape index (κ2) is 9.52. The average molecular weight is 368 g/mol.